The van der Waals surface area contributed by atoms with Gasteiger partial charge in [-0.3, -0.25) is 4.72 Å². The molecule has 0 aliphatic rings. The van der Waals surface area contributed by atoms with Gasteiger partial charge in [-0.25, -0.2) is 17.2 Å². The van der Waals surface area contributed by atoms with Crippen LogP contribution in [0.2, 0.25) is 0 Å². The SMILES string of the molecule is COc1c(F)ccc(NS(=O)(=O)c2ccc(C)cc2)c1F. The summed E-state index contributed by atoms with van der Waals surface area (Å²) in [6, 6.07) is 7.97. The molecule has 0 fully saturated rings. The van der Waals surface area contributed by atoms with E-state index in [0.29, 0.717) is 0 Å². The topological polar surface area (TPSA) is 55.4 Å². The number of halogens is 2. The highest BCUT2D eigenvalue weighted by molar-refractivity contribution is 7.92. The first-order valence-corrected chi connectivity index (χ1v) is 7.45. The molecule has 0 saturated carbocycles. The second kappa shape index (κ2) is 5.69. The molecule has 0 saturated heterocycles. The minimum absolute atomic E-state index is 0.0178. The van der Waals surface area contributed by atoms with Gasteiger partial charge in [0.2, 0.25) is 0 Å². The van der Waals surface area contributed by atoms with E-state index in [1.165, 1.54) is 12.1 Å². The molecule has 0 aliphatic heterocycles. The fourth-order valence-electron chi connectivity index (χ4n) is 1.72. The van der Waals surface area contributed by atoms with Crippen molar-refractivity contribution >= 4 is 15.7 Å². The Morgan fingerprint density at radius 1 is 1.05 bits per heavy atom. The van der Waals surface area contributed by atoms with Gasteiger partial charge in [-0.1, -0.05) is 17.7 Å². The van der Waals surface area contributed by atoms with Crippen LogP contribution < -0.4 is 9.46 Å². The van der Waals surface area contributed by atoms with Crippen molar-refractivity contribution < 1.29 is 21.9 Å². The molecule has 2 aromatic carbocycles. The highest BCUT2D eigenvalue weighted by Gasteiger charge is 2.20. The predicted octanol–water partition coefficient (Wildman–Crippen LogP) is 3.08. The Hall–Kier alpha value is -2.15. The molecule has 4 nitrogen and oxygen atoms in total. The minimum Gasteiger partial charge on any atom is -0.491 e. The van der Waals surface area contributed by atoms with Crippen molar-refractivity contribution in [2.45, 2.75) is 11.8 Å². The van der Waals surface area contributed by atoms with Crippen LogP contribution in [0.1, 0.15) is 5.56 Å². The molecule has 21 heavy (non-hydrogen) atoms. The molecule has 0 bridgehead atoms. The molecular weight excluding hydrogens is 300 g/mol. The van der Waals surface area contributed by atoms with E-state index in [4.69, 9.17) is 0 Å². The van der Waals surface area contributed by atoms with Crippen LogP contribution in [0.15, 0.2) is 41.3 Å². The van der Waals surface area contributed by atoms with E-state index >= 15 is 0 Å². The average Bonchev–Trinajstić information content (AvgIpc) is 2.43. The molecule has 0 heterocycles. The summed E-state index contributed by atoms with van der Waals surface area (Å²) in [6.07, 6.45) is 0. The Kier molecular flexibility index (Phi) is 4.13. The summed E-state index contributed by atoms with van der Waals surface area (Å²) >= 11 is 0. The van der Waals surface area contributed by atoms with Crippen LogP contribution >= 0.6 is 0 Å². The largest absolute Gasteiger partial charge is 0.491 e. The molecule has 7 heteroatoms. The number of methoxy groups -OCH3 is 1. The molecule has 2 rings (SSSR count). The maximum absolute atomic E-state index is 14.0. The quantitative estimate of drug-likeness (QED) is 0.944. The number of aryl methyl sites for hydroxylation is 1. The van der Waals surface area contributed by atoms with E-state index in [1.54, 1.807) is 12.1 Å². The molecule has 0 atom stereocenters. The van der Waals surface area contributed by atoms with Gasteiger partial charge in [0.05, 0.1) is 17.7 Å². The lowest BCUT2D eigenvalue weighted by Crippen LogP contribution is -2.14. The van der Waals surface area contributed by atoms with Gasteiger partial charge in [0, 0.05) is 0 Å². The second-order valence-corrected chi connectivity index (χ2v) is 6.04. The third-order valence-corrected chi connectivity index (χ3v) is 4.21. The van der Waals surface area contributed by atoms with Gasteiger partial charge >= 0.3 is 0 Å². The molecule has 0 spiro atoms. The van der Waals surface area contributed by atoms with Crippen molar-refractivity contribution in [1.82, 2.24) is 0 Å². The Bertz CT molecular complexity index is 759. The number of anilines is 1. The third kappa shape index (κ3) is 3.13. The zero-order valence-corrected chi connectivity index (χ0v) is 12.2. The van der Waals surface area contributed by atoms with Crippen LogP contribution in [0, 0.1) is 18.6 Å². The van der Waals surface area contributed by atoms with Crippen LogP contribution in [0.3, 0.4) is 0 Å². The average molecular weight is 313 g/mol. The Labute approximate surface area is 121 Å². The molecule has 0 amide bonds. The molecule has 0 unspecified atom stereocenters. The molecule has 0 radical (unpaired) electrons. The smallest absolute Gasteiger partial charge is 0.261 e. The fraction of sp³-hybridized carbons (Fsp3) is 0.143. The van der Waals surface area contributed by atoms with E-state index in [0.717, 1.165) is 24.8 Å². The van der Waals surface area contributed by atoms with Crippen molar-refractivity contribution in [2.75, 3.05) is 11.8 Å². The number of ether oxygens (including phenoxy) is 1. The zero-order chi connectivity index (χ0) is 15.6. The monoisotopic (exact) mass is 313 g/mol. The molecule has 112 valence electrons. The van der Waals surface area contributed by atoms with E-state index < -0.39 is 27.4 Å². The van der Waals surface area contributed by atoms with E-state index in [1.807, 2.05) is 6.92 Å². The number of nitrogens with one attached hydrogen (secondary N) is 1. The highest BCUT2D eigenvalue weighted by Crippen LogP contribution is 2.29. The van der Waals surface area contributed by atoms with E-state index in [-0.39, 0.29) is 10.6 Å². The van der Waals surface area contributed by atoms with E-state index in [2.05, 4.69) is 9.46 Å². The van der Waals surface area contributed by atoms with Gasteiger partial charge in [0.25, 0.3) is 10.0 Å². The lowest BCUT2D eigenvalue weighted by Gasteiger charge is -2.11. The zero-order valence-electron chi connectivity index (χ0n) is 11.4. The Morgan fingerprint density at radius 3 is 2.24 bits per heavy atom. The van der Waals surface area contributed by atoms with Crippen LogP contribution in [0.5, 0.6) is 5.75 Å². The van der Waals surface area contributed by atoms with Crippen molar-refractivity contribution in [1.29, 1.82) is 0 Å². The van der Waals surface area contributed by atoms with Crippen LogP contribution in [0.25, 0.3) is 0 Å². The van der Waals surface area contributed by atoms with Crippen molar-refractivity contribution in [2.24, 2.45) is 0 Å². The van der Waals surface area contributed by atoms with Gasteiger partial charge < -0.3 is 4.74 Å². The number of hydrogen-bond donors (Lipinski definition) is 1. The molecule has 1 N–H and O–H groups in total. The minimum atomic E-state index is -3.96. The summed E-state index contributed by atoms with van der Waals surface area (Å²) in [6.45, 7) is 1.81. The summed E-state index contributed by atoms with van der Waals surface area (Å²) in [5.41, 5.74) is 0.511. The third-order valence-electron chi connectivity index (χ3n) is 2.83. The summed E-state index contributed by atoms with van der Waals surface area (Å²) in [5.74, 6) is -2.65. The van der Waals surface area contributed by atoms with Crippen LogP contribution in [0.4, 0.5) is 14.5 Å². The van der Waals surface area contributed by atoms with Gasteiger partial charge in [0.1, 0.15) is 0 Å². The van der Waals surface area contributed by atoms with Crippen molar-refractivity contribution in [3.8, 4) is 5.75 Å². The van der Waals surface area contributed by atoms with Crippen molar-refractivity contribution in [3.63, 3.8) is 0 Å². The summed E-state index contributed by atoms with van der Waals surface area (Å²) in [7, 11) is -2.86. The first-order valence-electron chi connectivity index (χ1n) is 5.96. The van der Waals surface area contributed by atoms with Gasteiger partial charge in [0.15, 0.2) is 17.4 Å². The van der Waals surface area contributed by atoms with Gasteiger partial charge in [-0.05, 0) is 31.2 Å². The summed E-state index contributed by atoms with van der Waals surface area (Å²) < 4.78 is 58.2. The maximum Gasteiger partial charge on any atom is 0.261 e. The van der Waals surface area contributed by atoms with Gasteiger partial charge in [-0.2, -0.15) is 0 Å². The van der Waals surface area contributed by atoms with E-state index in [9.17, 15) is 17.2 Å². The lowest BCUT2D eigenvalue weighted by molar-refractivity contribution is 0.361. The predicted molar refractivity (Wildman–Crippen MR) is 74.9 cm³/mol. The van der Waals surface area contributed by atoms with Gasteiger partial charge in [-0.15, -0.1) is 0 Å². The maximum atomic E-state index is 14.0. The normalized spacial score (nSPS) is 11.2. The molecule has 0 aliphatic carbocycles. The first-order chi connectivity index (χ1) is 9.85. The second-order valence-electron chi connectivity index (χ2n) is 4.36. The standard InChI is InChI=1S/C14H13F2NO3S/c1-9-3-5-10(6-4-9)21(18,19)17-12-8-7-11(15)14(20-2)13(12)16/h3-8,17H,1-2H3. The van der Waals surface area contributed by atoms with Crippen molar-refractivity contribution in [3.05, 3.63) is 53.6 Å². The molecule has 0 aromatic heterocycles. The lowest BCUT2D eigenvalue weighted by atomic mass is 10.2. The fourth-order valence-corrected chi connectivity index (χ4v) is 2.78. The summed E-state index contributed by atoms with van der Waals surface area (Å²) in [5, 5.41) is 0. The Balaban J connectivity index is 2.39. The van der Waals surface area contributed by atoms with Crippen LogP contribution in [-0.2, 0) is 10.0 Å². The molecule has 2 aromatic rings. The number of sulfonamides is 1. The Morgan fingerprint density at radius 2 is 1.67 bits per heavy atom. The molecular formula is C14H13F2NO3S. The summed E-state index contributed by atoms with van der Waals surface area (Å²) in [4.78, 5) is -0.0178. The highest BCUT2D eigenvalue weighted by atomic mass is 32.2. The number of hydrogen-bond acceptors (Lipinski definition) is 3. The van der Waals surface area contributed by atoms with Crippen LogP contribution in [-0.4, -0.2) is 15.5 Å². The number of benzene rings is 2. The first kappa shape index (κ1) is 15.2. The number of rotatable bonds is 4.